The average molecular weight is 284 g/mol. The van der Waals surface area contributed by atoms with Crippen molar-refractivity contribution in [1.82, 2.24) is 0 Å². The minimum absolute atomic E-state index is 0.0767. The molecule has 0 bridgehead atoms. The van der Waals surface area contributed by atoms with Gasteiger partial charge in [0.1, 0.15) is 5.75 Å². The first-order chi connectivity index (χ1) is 9.04. The van der Waals surface area contributed by atoms with E-state index in [0.717, 1.165) is 11.5 Å². The average Bonchev–Trinajstić information content (AvgIpc) is 2.43. The molecular formula is C13H20N2O3S. The molecule has 1 rings (SSSR count). The second-order valence-electron chi connectivity index (χ2n) is 4.17. The second-order valence-corrected chi connectivity index (χ2v) is 5.66. The number of amidine groups is 1. The van der Waals surface area contributed by atoms with Gasteiger partial charge in [-0.1, -0.05) is 12.1 Å². The highest BCUT2D eigenvalue weighted by atomic mass is 32.2. The molecule has 4 N–H and O–H groups in total. The number of thioether (sulfide) groups is 1. The molecule has 2 unspecified atom stereocenters. The van der Waals surface area contributed by atoms with E-state index in [4.69, 9.17) is 15.7 Å². The summed E-state index contributed by atoms with van der Waals surface area (Å²) in [4.78, 5) is 0. The maximum atomic E-state index is 9.34. The molecule has 1 aromatic carbocycles. The van der Waals surface area contributed by atoms with E-state index in [1.807, 2.05) is 6.92 Å². The van der Waals surface area contributed by atoms with E-state index in [2.05, 4.69) is 5.16 Å². The van der Waals surface area contributed by atoms with Crippen LogP contribution < -0.4 is 10.5 Å². The van der Waals surface area contributed by atoms with Gasteiger partial charge >= 0.3 is 0 Å². The van der Waals surface area contributed by atoms with Crippen LogP contribution in [0.2, 0.25) is 0 Å². The molecule has 106 valence electrons. The number of hydrogen-bond donors (Lipinski definition) is 3. The molecule has 19 heavy (non-hydrogen) atoms. The summed E-state index contributed by atoms with van der Waals surface area (Å²) in [5, 5.41) is 21.0. The molecule has 0 saturated carbocycles. The van der Waals surface area contributed by atoms with Crippen molar-refractivity contribution < 1.29 is 15.1 Å². The van der Waals surface area contributed by atoms with E-state index < -0.39 is 0 Å². The van der Waals surface area contributed by atoms with Crippen LogP contribution in [0, 0.1) is 0 Å². The third kappa shape index (κ3) is 5.40. The SMILES string of the molecule is CC(O)C(C)SCCOc1ccc(/C(N)=N/O)cc1. The van der Waals surface area contributed by atoms with Gasteiger partial charge in [-0.25, -0.2) is 0 Å². The minimum atomic E-state index is -0.315. The normalized spacial score (nSPS) is 15.0. The van der Waals surface area contributed by atoms with Gasteiger partial charge in [-0.15, -0.1) is 0 Å². The molecule has 0 radical (unpaired) electrons. The van der Waals surface area contributed by atoms with Crippen LogP contribution in [0.25, 0.3) is 0 Å². The quantitative estimate of drug-likeness (QED) is 0.233. The summed E-state index contributed by atoms with van der Waals surface area (Å²) in [6.45, 7) is 4.34. The van der Waals surface area contributed by atoms with Gasteiger partial charge in [0.15, 0.2) is 5.84 Å². The second kappa shape index (κ2) is 7.91. The summed E-state index contributed by atoms with van der Waals surface area (Å²) in [5.41, 5.74) is 6.11. The number of nitrogens with two attached hydrogens (primary N) is 1. The maximum absolute atomic E-state index is 9.34. The zero-order chi connectivity index (χ0) is 14.3. The molecule has 0 aromatic heterocycles. The van der Waals surface area contributed by atoms with Crippen LogP contribution in [0.3, 0.4) is 0 Å². The largest absolute Gasteiger partial charge is 0.493 e. The van der Waals surface area contributed by atoms with Gasteiger partial charge in [0, 0.05) is 16.6 Å². The van der Waals surface area contributed by atoms with E-state index in [9.17, 15) is 5.11 Å². The number of oxime groups is 1. The minimum Gasteiger partial charge on any atom is -0.493 e. The van der Waals surface area contributed by atoms with Crippen LogP contribution in [0.4, 0.5) is 0 Å². The molecule has 5 nitrogen and oxygen atoms in total. The molecule has 0 aliphatic heterocycles. The van der Waals surface area contributed by atoms with E-state index in [-0.39, 0.29) is 17.2 Å². The third-order valence-corrected chi connectivity index (χ3v) is 3.99. The van der Waals surface area contributed by atoms with Gasteiger partial charge in [-0.3, -0.25) is 0 Å². The Kier molecular flexibility index (Phi) is 6.52. The van der Waals surface area contributed by atoms with Gasteiger partial charge in [-0.2, -0.15) is 11.8 Å². The van der Waals surface area contributed by atoms with Gasteiger partial charge < -0.3 is 20.8 Å². The number of ether oxygens (including phenoxy) is 1. The van der Waals surface area contributed by atoms with Crippen LogP contribution in [0.15, 0.2) is 29.4 Å². The summed E-state index contributed by atoms with van der Waals surface area (Å²) in [6, 6.07) is 7.01. The smallest absolute Gasteiger partial charge is 0.170 e. The molecular weight excluding hydrogens is 264 g/mol. The Hall–Kier alpha value is -1.40. The highest BCUT2D eigenvalue weighted by Crippen LogP contribution is 2.16. The zero-order valence-electron chi connectivity index (χ0n) is 11.1. The van der Waals surface area contributed by atoms with Crippen molar-refractivity contribution in [1.29, 1.82) is 0 Å². The first-order valence-electron chi connectivity index (χ1n) is 6.05. The van der Waals surface area contributed by atoms with Crippen molar-refractivity contribution >= 4 is 17.6 Å². The van der Waals surface area contributed by atoms with Gasteiger partial charge in [0.2, 0.25) is 0 Å². The van der Waals surface area contributed by atoms with Crippen LogP contribution in [0.1, 0.15) is 19.4 Å². The summed E-state index contributed by atoms with van der Waals surface area (Å²) in [7, 11) is 0. The van der Waals surface area contributed by atoms with Crippen molar-refractivity contribution in [3.63, 3.8) is 0 Å². The first kappa shape index (κ1) is 15.7. The molecule has 0 fully saturated rings. The van der Waals surface area contributed by atoms with Crippen LogP contribution >= 0.6 is 11.8 Å². The molecule has 0 spiro atoms. The monoisotopic (exact) mass is 284 g/mol. The fourth-order valence-electron chi connectivity index (χ4n) is 1.31. The van der Waals surface area contributed by atoms with E-state index in [0.29, 0.717) is 12.2 Å². The van der Waals surface area contributed by atoms with Crippen LogP contribution in [-0.4, -0.2) is 39.9 Å². The van der Waals surface area contributed by atoms with Crippen molar-refractivity contribution in [2.24, 2.45) is 10.9 Å². The van der Waals surface area contributed by atoms with Crippen molar-refractivity contribution in [3.8, 4) is 5.75 Å². The Balaban J connectivity index is 2.34. The zero-order valence-corrected chi connectivity index (χ0v) is 11.9. The van der Waals surface area contributed by atoms with Crippen LogP contribution in [0.5, 0.6) is 5.75 Å². The lowest BCUT2D eigenvalue weighted by molar-refractivity contribution is 0.196. The molecule has 0 aliphatic carbocycles. The Morgan fingerprint density at radius 1 is 1.37 bits per heavy atom. The lowest BCUT2D eigenvalue weighted by Crippen LogP contribution is -2.17. The Bertz CT molecular complexity index is 407. The van der Waals surface area contributed by atoms with Crippen LogP contribution in [-0.2, 0) is 0 Å². The highest BCUT2D eigenvalue weighted by molar-refractivity contribution is 7.99. The number of benzene rings is 1. The molecule has 0 heterocycles. The van der Waals surface area contributed by atoms with Gasteiger partial charge in [0.05, 0.1) is 12.7 Å². The van der Waals surface area contributed by atoms with Crippen molar-refractivity contribution in [2.75, 3.05) is 12.4 Å². The molecule has 1 aromatic rings. The lowest BCUT2D eigenvalue weighted by atomic mass is 10.2. The highest BCUT2D eigenvalue weighted by Gasteiger charge is 2.08. The Morgan fingerprint density at radius 2 is 2.00 bits per heavy atom. The summed E-state index contributed by atoms with van der Waals surface area (Å²) >= 11 is 1.67. The third-order valence-electron chi connectivity index (χ3n) is 2.67. The Labute approximate surface area is 117 Å². The first-order valence-corrected chi connectivity index (χ1v) is 7.10. The fraction of sp³-hybridized carbons (Fsp3) is 0.462. The topological polar surface area (TPSA) is 88.1 Å². The summed E-state index contributed by atoms with van der Waals surface area (Å²) in [6.07, 6.45) is -0.315. The number of nitrogens with zero attached hydrogens (tertiary/aromatic N) is 1. The van der Waals surface area contributed by atoms with Crippen molar-refractivity contribution in [2.45, 2.75) is 25.2 Å². The standard InChI is InChI=1S/C13H20N2O3S/c1-9(16)10(2)19-8-7-18-12-5-3-11(4-6-12)13(14)15-17/h3-6,9-10,16-17H,7-8H2,1-2H3,(H2,14,15). The van der Waals surface area contributed by atoms with Gasteiger partial charge in [-0.05, 0) is 31.2 Å². The molecule has 0 aliphatic rings. The van der Waals surface area contributed by atoms with E-state index in [1.54, 1.807) is 43.0 Å². The van der Waals surface area contributed by atoms with Gasteiger partial charge in [0.25, 0.3) is 0 Å². The lowest BCUT2D eigenvalue weighted by Gasteiger charge is -2.14. The number of hydrogen-bond acceptors (Lipinski definition) is 5. The number of rotatable bonds is 7. The van der Waals surface area contributed by atoms with E-state index in [1.165, 1.54) is 0 Å². The number of aliphatic hydroxyl groups excluding tert-OH is 1. The summed E-state index contributed by atoms with van der Waals surface area (Å²) in [5.74, 6) is 1.63. The predicted octanol–water partition coefficient (Wildman–Crippen LogP) is 1.66. The molecule has 6 heteroatoms. The number of aliphatic hydroxyl groups is 1. The molecule has 2 atom stereocenters. The molecule has 0 amide bonds. The summed E-state index contributed by atoms with van der Waals surface area (Å²) < 4.78 is 5.56. The maximum Gasteiger partial charge on any atom is 0.170 e. The van der Waals surface area contributed by atoms with Crippen molar-refractivity contribution in [3.05, 3.63) is 29.8 Å². The molecule has 0 saturated heterocycles. The van der Waals surface area contributed by atoms with E-state index >= 15 is 0 Å². The predicted molar refractivity (Wildman–Crippen MR) is 78.0 cm³/mol. The Morgan fingerprint density at radius 3 is 2.53 bits per heavy atom. The fourth-order valence-corrected chi connectivity index (χ4v) is 2.14.